The zero-order chi connectivity index (χ0) is 13.9. The number of imidazole rings is 1. The molecule has 7 heteroatoms. The maximum atomic E-state index is 11.5. The highest BCUT2D eigenvalue weighted by atomic mass is 32.2. The molecule has 1 aliphatic heterocycles. The van der Waals surface area contributed by atoms with Crippen LogP contribution in [-0.4, -0.2) is 42.7 Å². The predicted molar refractivity (Wildman–Crippen MR) is 72.4 cm³/mol. The first-order chi connectivity index (χ1) is 9.03. The molecule has 108 valence electrons. The van der Waals surface area contributed by atoms with Crippen molar-refractivity contribution in [2.75, 3.05) is 24.7 Å². The second kappa shape index (κ2) is 6.02. The van der Waals surface area contributed by atoms with Crippen molar-refractivity contribution in [3.05, 3.63) is 18.2 Å². The summed E-state index contributed by atoms with van der Waals surface area (Å²) in [6.07, 6.45) is 4.32. The number of nitrogens with two attached hydrogens (primary N) is 1. The van der Waals surface area contributed by atoms with Crippen molar-refractivity contribution in [3.63, 3.8) is 0 Å². The molecule has 19 heavy (non-hydrogen) atoms. The molecular weight excluding hydrogens is 266 g/mol. The van der Waals surface area contributed by atoms with E-state index in [4.69, 9.17) is 10.5 Å². The van der Waals surface area contributed by atoms with Crippen LogP contribution in [0.15, 0.2) is 12.5 Å². The molecule has 0 aliphatic carbocycles. The molecule has 0 spiro atoms. The van der Waals surface area contributed by atoms with Crippen LogP contribution in [0.1, 0.15) is 25.1 Å². The summed E-state index contributed by atoms with van der Waals surface area (Å²) in [4.78, 5) is 4.09. The first kappa shape index (κ1) is 14.5. The van der Waals surface area contributed by atoms with Crippen LogP contribution in [0.25, 0.3) is 0 Å². The molecule has 2 atom stereocenters. The largest absolute Gasteiger partial charge is 0.381 e. The van der Waals surface area contributed by atoms with E-state index in [1.165, 1.54) is 0 Å². The van der Waals surface area contributed by atoms with Gasteiger partial charge in [0.15, 0.2) is 9.84 Å². The first-order valence-electron chi connectivity index (χ1n) is 6.57. The highest BCUT2D eigenvalue weighted by Gasteiger charge is 2.26. The summed E-state index contributed by atoms with van der Waals surface area (Å²) in [7, 11) is -2.97. The maximum absolute atomic E-state index is 11.5. The molecule has 2 heterocycles. The van der Waals surface area contributed by atoms with Crippen LogP contribution >= 0.6 is 0 Å². The summed E-state index contributed by atoms with van der Waals surface area (Å²) in [6, 6.07) is -0.144. The molecule has 1 aromatic heterocycles. The lowest BCUT2D eigenvalue weighted by Crippen LogP contribution is -2.25. The highest BCUT2D eigenvalue weighted by Crippen LogP contribution is 2.26. The van der Waals surface area contributed by atoms with Crippen LogP contribution in [0.3, 0.4) is 0 Å². The summed E-state index contributed by atoms with van der Waals surface area (Å²) in [5, 5.41) is 0. The molecule has 0 amide bonds. The van der Waals surface area contributed by atoms with Gasteiger partial charge in [-0.3, -0.25) is 0 Å². The third-order valence-corrected chi connectivity index (χ3v) is 5.33. The number of rotatable bonds is 6. The Bertz CT molecular complexity index is 506. The van der Waals surface area contributed by atoms with Gasteiger partial charge in [-0.25, -0.2) is 13.4 Å². The second-order valence-corrected chi connectivity index (χ2v) is 7.37. The average Bonchev–Trinajstić information content (AvgIpc) is 3.06. The number of aryl methyl sites for hydroxylation is 1. The van der Waals surface area contributed by atoms with Crippen molar-refractivity contribution in [2.45, 2.75) is 25.9 Å². The van der Waals surface area contributed by atoms with Gasteiger partial charge in [-0.15, -0.1) is 0 Å². The number of ether oxygens (including phenoxy) is 1. The topological polar surface area (TPSA) is 87.2 Å². The van der Waals surface area contributed by atoms with Crippen LogP contribution in [0.5, 0.6) is 0 Å². The summed E-state index contributed by atoms with van der Waals surface area (Å²) in [5.41, 5.74) is 7.12. The highest BCUT2D eigenvalue weighted by molar-refractivity contribution is 7.91. The molecule has 0 bridgehead atoms. The van der Waals surface area contributed by atoms with E-state index in [9.17, 15) is 8.42 Å². The van der Waals surface area contributed by atoms with Crippen molar-refractivity contribution in [1.29, 1.82) is 0 Å². The Labute approximate surface area is 113 Å². The number of sulfone groups is 1. The molecule has 2 unspecified atom stereocenters. The fourth-order valence-electron chi connectivity index (χ4n) is 2.25. The molecule has 0 aromatic carbocycles. The molecule has 1 aromatic rings. The van der Waals surface area contributed by atoms with E-state index in [0.29, 0.717) is 19.1 Å². The third-order valence-electron chi connectivity index (χ3n) is 3.64. The van der Waals surface area contributed by atoms with Gasteiger partial charge in [-0.1, -0.05) is 6.92 Å². The Hall–Kier alpha value is -0.920. The average molecular weight is 287 g/mol. The summed E-state index contributed by atoms with van der Waals surface area (Å²) >= 11 is 0. The van der Waals surface area contributed by atoms with E-state index in [1.807, 2.05) is 4.57 Å². The van der Waals surface area contributed by atoms with Crippen LogP contribution < -0.4 is 5.73 Å². The van der Waals surface area contributed by atoms with Gasteiger partial charge in [-0.2, -0.15) is 0 Å². The van der Waals surface area contributed by atoms with E-state index in [1.54, 1.807) is 19.4 Å². The Morgan fingerprint density at radius 1 is 1.63 bits per heavy atom. The molecule has 1 saturated heterocycles. The van der Waals surface area contributed by atoms with Crippen LogP contribution in [-0.2, 0) is 21.1 Å². The standard InChI is InChI=1S/C12H21N3O3S/c1-2-19(16,17)6-4-15-9-14-7-11(15)12(13)10-3-5-18-8-10/h7,9-10,12H,2-6,8,13H2,1H3. The number of nitrogens with zero attached hydrogens (tertiary/aromatic N) is 2. The zero-order valence-electron chi connectivity index (χ0n) is 11.2. The monoisotopic (exact) mass is 287 g/mol. The lowest BCUT2D eigenvalue weighted by atomic mass is 9.97. The van der Waals surface area contributed by atoms with Gasteiger partial charge < -0.3 is 15.0 Å². The van der Waals surface area contributed by atoms with Gasteiger partial charge in [0.1, 0.15) is 0 Å². The number of hydrogen-bond donors (Lipinski definition) is 1. The van der Waals surface area contributed by atoms with E-state index in [-0.39, 0.29) is 17.5 Å². The van der Waals surface area contributed by atoms with E-state index in [2.05, 4.69) is 4.98 Å². The van der Waals surface area contributed by atoms with Crippen LogP contribution in [0, 0.1) is 5.92 Å². The van der Waals surface area contributed by atoms with Gasteiger partial charge in [-0.05, 0) is 6.42 Å². The lowest BCUT2D eigenvalue weighted by Gasteiger charge is -2.19. The summed E-state index contributed by atoms with van der Waals surface area (Å²) < 4.78 is 30.3. The molecule has 0 saturated carbocycles. The van der Waals surface area contributed by atoms with Crippen LogP contribution in [0.4, 0.5) is 0 Å². The first-order valence-corrected chi connectivity index (χ1v) is 8.39. The second-order valence-electron chi connectivity index (χ2n) is 4.90. The maximum Gasteiger partial charge on any atom is 0.151 e. The van der Waals surface area contributed by atoms with Crippen molar-refractivity contribution in [2.24, 2.45) is 11.7 Å². The van der Waals surface area contributed by atoms with Gasteiger partial charge in [0.2, 0.25) is 0 Å². The minimum Gasteiger partial charge on any atom is -0.381 e. The zero-order valence-corrected chi connectivity index (χ0v) is 12.0. The Balaban J connectivity index is 2.04. The lowest BCUT2D eigenvalue weighted by molar-refractivity contribution is 0.180. The minimum absolute atomic E-state index is 0.126. The molecular formula is C12H21N3O3S. The van der Waals surface area contributed by atoms with E-state index < -0.39 is 9.84 Å². The fraction of sp³-hybridized carbons (Fsp3) is 0.750. The van der Waals surface area contributed by atoms with Crippen molar-refractivity contribution >= 4 is 9.84 Å². The number of aromatic nitrogens is 2. The molecule has 2 rings (SSSR count). The molecule has 0 radical (unpaired) electrons. The minimum atomic E-state index is -2.97. The smallest absolute Gasteiger partial charge is 0.151 e. The quantitative estimate of drug-likeness (QED) is 0.816. The predicted octanol–water partition coefficient (Wildman–Crippen LogP) is 0.354. The van der Waals surface area contributed by atoms with E-state index >= 15 is 0 Å². The molecule has 1 aliphatic rings. The molecule has 2 N–H and O–H groups in total. The third kappa shape index (κ3) is 3.55. The van der Waals surface area contributed by atoms with Crippen LogP contribution in [0.2, 0.25) is 0 Å². The molecule has 1 fully saturated rings. The van der Waals surface area contributed by atoms with Gasteiger partial charge in [0.05, 0.1) is 30.4 Å². The Morgan fingerprint density at radius 2 is 2.42 bits per heavy atom. The normalized spacial score (nSPS) is 21.7. The van der Waals surface area contributed by atoms with Gasteiger partial charge in [0, 0.05) is 31.0 Å². The van der Waals surface area contributed by atoms with Crippen molar-refractivity contribution < 1.29 is 13.2 Å². The SMILES string of the molecule is CCS(=O)(=O)CCn1cncc1C(N)C1CCOC1. The summed E-state index contributed by atoms with van der Waals surface area (Å²) in [5.74, 6) is 0.582. The summed E-state index contributed by atoms with van der Waals surface area (Å²) in [6.45, 7) is 3.48. The number of hydrogen-bond acceptors (Lipinski definition) is 5. The molecule has 6 nitrogen and oxygen atoms in total. The van der Waals surface area contributed by atoms with Gasteiger partial charge >= 0.3 is 0 Å². The van der Waals surface area contributed by atoms with Crippen molar-refractivity contribution in [3.8, 4) is 0 Å². The Morgan fingerprint density at radius 3 is 3.05 bits per heavy atom. The fourth-order valence-corrected chi connectivity index (χ4v) is 3.02. The van der Waals surface area contributed by atoms with Crippen molar-refractivity contribution in [1.82, 2.24) is 9.55 Å². The Kier molecular flexibility index (Phi) is 4.59. The van der Waals surface area contributed by atoms with Gasteiger partial charge in [0.25, 0.3) is 0 Å². The van der Waals surface area contributed by atoms with E-state index in [0.717, 1.165) is 18.7 Å².